The summed E-state index contributed by atoms with van der Waals surface area (Å²) in [5, 5.41) is 7.68. The molecule has 0 fully saturated rings. The summed E-state index contributed by atoms with van der Waals surface area (Å²) in [6.45, 7) is 0. The monoisotopic (exact) mass is 886 g/mol. The topological polar surface area (TPSA) is 37.3 Å². The summed E-state index contributed by atoms with van der Waals surface area (Å²) in [6.07, 6.45) is 0. The van der Waals surface area contributed by atoms with E-state index in [9.17, 15) is 128 Å². The second-order valence-corrected chi connectivity index (χ2v) is 9.37. The fourth-order valence-corrected chi connectivity index (χ4v) is 3.10. The minimum atomic E-state index is -9.93. The molecule has 0 aliphatic carbocycles. The first-order valence-corrected chi connectivity index (χ1v) is 11.4. The van der Waals surface area contributed by atoms with Gasteiger partial charge in [-0.15, -0.1) is 0 Å². The van der Waals surface area contributed by atoms with E-state index >= 15 is 0 Å². The molecule has 31 heteroatoms. The smallest absolute Gasteiger partial charge is 0.410 e. The molecule has 0 saturated carbocycles. The third-order valence-corrected chi connectivity index (χ3v) is 6.59. The summed E-state index contributed by atoms with van der Waals surface area (Å²) < 4.78 is 375. The van der Waals surface area contributed by atoms with Crippen molar-refractivity contribution >= 4 is 28.6 Å². The number of halogens is 29. The van der Waals surface area contributed by atoms with Crippen LogP contribution in [0, 0.1) is 0 Å². The average molecular weight is 886 g/mol. The highest BCUT2D eigenvalue weighted by molar-refractivity contribution is 14.1. The van der Waals surface area contributed by atoms with Crippen molar-refractivity contribution in [1.82, 2.24) is 0 Å². The molecule has 0 atom stereocenters. The van der Waals surface area contributed by atoms with E-state index in [2.05, 4.69) is 0 Å². The molecule has 0 aliphatic heterocycles. The lowest BCUT2D eigenvalue weighted by Gasteiger charge is -2.46. The SMILES string of the molecule is O=C(O)C(F)(F)C(F)(F)C(F)(F)C(F)(F)C(F)(F)C(F)(F)C(F)(F)C(F)(F)C(F)(F)C(F)(F)C(F)(F)C(F)(F)C(F)(F)C(F)(F)CI. The van der Waals surface area contributed by atoms with Gasteiger partial charge in [-0.25, -0.2) is 4.79 Å². The van der Waals surface area contributed by atoms with E-state index in [0.717, 1.165) is 0 Å². The Bertz CT molecular complexity index is 1180. The molecule has 0 amide bonds. The van der Waals surface area contributed by atoms with E-state index in [0.29, 0.717) is 0 Å². The highest BCUT2D eigenvalue weighted by Gasteiger charge is 3.00. The van der Waals surface area contributed by atoms with Crippen LogP contribution in [0.3, 0.4) is 0 Å². The first-order valence-electron chi connectivity index (χ1n) is 9.84. The van der Waals surface area contributed by atoms with Crippen LogP contribution in [0.1, 0.15) is 0 Å². The minimum Gasteiger partial charge on any atom is -0.477 e. The predicted molar refractivity (Wildman–Crippen MR) is 95.8 cm³/mol. The lowest BCUT2D eigenvalue weighted by atomic mass is 9.83. The van der Waals surface area contributed by atoms with E-state index in [1.54, 1.807) is 0 Å². The quantitative estimate of drug-likeness (QED) is 0.101. The Kier molecular flexibility index (Phi) is 10.7. The molecule has 1 N–H and O–H groups in total. The molecular weight excluding hydrogens is 883 g/mol. The molecule has 2 nitrogen and oxygen atoms in total. The molecular formula is C16H3F28IO2. The van der Waals surface area contributed by atoms with Crippen molar-refractivity contribution in [2.45, 2.75) is 82.9 Å². The van der Waals surface area contributed by atoms with E-state index in [1.807, 2.05) is 0 Å². The van der Waals surface area contributed by atoms with Gasteiger partial charge in [0.15, 0.2) is 0 Å². The zero-order valence-corrected chi connectivity index (χ0v) is 22.2. The van der Waals surface area contributed by atoms with Crippen LogP contribution in [0.2, 0.25) is 0 Å². The maximum Gasteiger partial charge on any atom is 0.410 e. The zero-order valence-electron chi connectivity index (χ0n) is 20.0. The van der Waals surface area contributed by atoms with Crippen molar-refractivity contribution in [2.24, 2.45) is 0 Å². The van der Waals surface area contributed by atoms with Gasteiger partial charge in [0.1, 0.15) is 0 Å². The van der Waals surface area contributed by atoms with Crippen LogP contribution < -0.4 is 0 Å². The third kappa shape index (κ3) is 5.11. The van der Waals surface area contributed by atoms with Crippen molar-refractivity contribution in [3.05, 3.63) is 0 Å². The van der Waals surface area contributed by atoms with Gasteiger partial charge in [0.2, 0.25) is 0 Å². The lowest BCUT2D eigenvalue weighted by molar-refractivity contribution is -0.484. The van der Waals surface area contributed by atoms with Gasteiger partial charge in [0.25, 0.3) is 0 Å². The van der Waals surface area contributed by atoms with Gasteiger partial charge in [-0.3, -0.25) is 0 Å². The molecule has 0 aromatic rings. The molecule has 0 saturated heterocycles. The second kappa shape index (κ2) is 11.1. The van der Waals surface area contributed by atoms with Crippen molar-refractivity contribution < 1.29 is 133 Å². The summed E-state index contributed by atoms with van der Waals surface area (Å²) in [5.74, 6) is -132. The van der Waals surface area contributed by atoms with Crippen LogP contribution in [-0.2, 0) is 4.79 Å². The van der Waals surface area contributed by atoms with Crippen molar-refractivity contribution in [2.75, 3.05) is 4.43 Å². The maximum atomic E-state index is 13.7. The molecule has 0 unspecified atom stereocenters. The number of rotatable bonds is 15. The van der Waals surface area contributed by atoms with Crippen molar-refractivity contribution in [1.29, 1.82) is 0 Å². The Morgan fingerprint density at radius 2 is 0.489 bits per heavy atom. The summed E-state index contributed by atoms with van der Waals surface area (Å²) >= 11 is -0.126. The zero-order chi connectivity index (χ0) is 39.3. The van der Waals surface area contributed by atoms with Crippen LogP contribution in [0.5, 0.6) is 0 Å². The van der Waals surface area contributed by atoms with Crippen LogP contribution in [0.15, 0.2) is 0 Å². The molecule has 0 spiro atoms. The Morgan fingerprint density at radius 3 is 0.638 bits per heavy atom. The van der Waals surface area contributed by atoms with Gasteiger partial charge in [-0.2, -0.15) is 123 Å². The van der Waals surface area contributed by atoms with Crippen LogP contribution in [0.4, 0.5) is 123 Å². The summed E-state index contributed by atoms with van der Waals surface area (Å²) in [7, 11) is 0. The maximum absolute atomic E-state index is 13.7. The third-order valence-electron chi connectivity index (χ3n) is 5.63. The molecule has 0 heterocycles. The molecule has 0 aromatic heterocycles. The fraction of sp³-hybridized carbons (Fsp3) is 0.938. The Labute approximate surface area is 249 Å². The molecule has 47 heavy (non-hydrogen) atoms. The van der Waals surface area contributed by atoms with Gasteiger partial charge < -0.3 is 5.11 Å². The Morgan fingerprint density at radius 1 is 0.340 bits per heavy atom. The van der Waals surface area contributed by atoms with Gasteiger partial charge in [-0.05, 0) is 0 Å². The molecule has 0 rings (SSSR count). The first-order chi connectivity index (χ1) is 19.8. The van der Waals surface area contributed by atoms with E-state index < -0.39 is 93.3 Å². The van der Waals surface area contributed by atoms with Gasteiger partial charge in [-0.1, -0.05) is 22.6 Å². The number of alkyl halides is 29. The normalized spacial score (nSPS) is 16.9. The largest absolute Gasteiger partial charge is 0.477 e. The van der Waals surface area contributed by atoms with Gasteiger partial charge in [0, 0.05) is 0 Å². The van der Waals surface area contributed by atoms with Crippen molar-refractivity contribution in [3.63, 3.8) is 0 Å². The molecule has 0 aliphatic rings. The Hall–Kier alpha value is -1.76. The summed E-state index contributed by atoms with van der Waals surface area (Å²) in [4.78, 5) is 9.95. The highest BCUT2D eigenvalue weighted by Crippen LogP contribution is 2.68. The number of carboxylic acids is 1. The number of hydrogen-bond acceptors (Lipinski definition) is 1. The standard InChI is InChI=1S/C16H3F28IO2/c17-3(18,1-45)5(21,22)7(25,26)9(29,30)11(33,34)13(37,38)15(41,42)16(43,44)14(39,40)12(35,36)10(31,32)8(27,28)6(23,24)4(19,20)2(46)47/h1H2,(H,46,47). The molecule has 282 valence electrons. The van der Waals surface area contributed by atoms with Gasteiger partial charge in [0.05, 0.1) is 4.43 Å². The first kappa shape index (κ1) is 45.2. The lowest BCUT2D eigenvalue weighted by Crippen LogP contribution is -2.79. The predicted octanol–water partition coefficient (Wildman–Crippen LogP) is 9.40. The fourth-order valence-electron chi connectivity index (χ4n) is 2.62. The molecule has 0 bridgehead atoms. The van der Waals surface area contributed by atoms with E-state index in [-0.39, 0.29) is 22.6 Å². The molecule has 0 radical (unpaired) electrons. The van der Waals surface area contributed by atoms with Crippen LogP contribution in [-0.4, -0.2) is 98.4 Å². The van der Waals surface area contributed by atoms with Crippen LogP contribution in [0.25, 0.3) is 0 Å². The van der Waals surface area contributed by atoms with Crippen molar-refractivity contribution in [3.8, 4) is 0 Å². The second-order valence-electron chi connectivity index (χ2n) is 8.61. The minimum absolute atomic E-state index is 0.126. The van der Waals surface area contributed by atoms with Gasteiger partial charge >= 0.3 is 88.9 Å². The number of carbonyl (C=O) groups is 1. The van der Waals surface area contributed by atoms with Crippen LogP contribution >= 0.6 is 22.6 Å². The molecule has 0 aromatic carbocycles. The average Bonchev–Trinajstić information content (AvgIpc) is 2.86. The highest BCUT2D eigenvalue weighted by atomic mass is 127. The van der Waals surface area contributed by atoms with E-state index in [1.165, 1.54) is 0 Å². The number of hydrogen-bond donors (Lipinski definition) is 1. The Balaban J connectivity index is 7.60. The van der Waals surface area contributed by atoms with E-state index in [4.69, 9.17) is 5.11 Å². The number of aliphatic carboxylic acids is 1. The summed E-state index contributed by atoms with van der Waals surface area (Å²) in [5.41, 5.74) is 0. The summed E-state index contributed by atoms with van der Waals surface area (Å²) in [6, 6.07) is 0. The number of carboxylic acid groups (broad SMARTS) is 1.